The standard InChI is InChI=1S/C29H54N2O8P2/c1-9-34-27-25(21(7)8)30-28(35-10-2)26(31-27)23-18-16-20-29(23,41(33,38-13-5)39-14-6)22-17-15-19-24(22)40(32,36-11-3)37-12-4/h21-26H,9-20H2,1-8H3/t22?,23?,24?,25-,26?,29?/m1/s1. The Bertz CT molecular complexity index is 985. The molecule has 0 aromatic heterocycles. The van der Waals surface area contributed by atoms with E-state index in [1.807, 2.05) is 41.5 Å². The van der Waals surface area contributed by atoms with Gasteiger partial charge in [-0.2, -0.15) is 0 Å². The van der Waals surface area contributed by atoms with E-state index in [1.165, 1.54) is 0 Å². The molecule has 0 radical (unpaired) electrons. The summed E-state index contributed by atoms with van der Waals surface area (Å²) in [4.78, 5) is 10.2. The van der Waals surface area contributed by atoms with Crippen LogP contribution in [0.1, 0.15) is 93.9 Å². The summed E-state index contributed by atoms with van der Waals surface area (Å²) in [6.45, 7) is 17.3. The summed E-state index contributed by atoms with van der Waals surface area (Å²) in [5.41, 5.74) is -0.424. The van der Waals surface area contributed by atoms with Gasteiger partial charge in [-0.05, 0) is 79.1 Å². The second-order valence-electron chi connectivity index (χ2n) is 11.2. The van der Waals surface area contributed by atoms with Crippen LogP contribution in [0.2, 0.25) is 0 Å². The van der Waals surface area contributed by atoms with E-state index in [4.69, 9.17) is 37.6 Å². The van der Waals surface area contributed by atoms with Crippen molar-refractivity contribution in [1.82, 2.24) is 0 Å². The van der Waals surface area contributed by atoms with Crippen LogP contribution in [0.15, 0.2) is 9.98 Å². The first-order valence-corrected chi connectivity index (χ1v) is 19.0. The average Bonchev–Trinajstić information content (AvgIpc) is 3.59. The second kappa shape index (κ2) is 15.3. The quantitative estimate of drug-likeness (QED) is 0.173. The second-order valence-corrected chi connectivity index (χ2v) is 15.8. The Kier molecular flexibility index (Phi) is 13.0. The number of aliphatic imine (C=N–C) groups is 2. The molecule has 3 aliphatic rings. The zero-order chi connectivity index (χ0) is 30.3. The molecule has 3 rings (SSSR count). The molecular weight excluding hydrogens is 566 g/mol. The molecule has 1 aliphatic heterocycles. The van der Waals surface area contributed by atoms with Crippen molar-refractivity contribution in [2.75, 3.05) is 39.6 Å². The maximum Gasteiger partial charge on any atom is 0.337 e. The first-order valence-electron chi connectivity index (χ1n) is 15.8. The summed E-state index contributed by atoms with van der Waals surface area (Å²) in [5.74, 6) is 0.710. The van der Waals surface area contributed by atoms with Crippen LogP contribution in [-0.2, 0) is 36.7 Å². The van der Waals surface area contributed by atoms with Crippen molar-refractivity contribution < 1.29 is 36.7 Å². The normalized spacial score (nSPS) is 30.9. The molecule has 5 unspecified atom stereocenters. The van der Waals surface area contributed by atoms with E-state index < -0.39 is 32.0 Å². The van der Waals surface area contributed by atoms with Crippen molar-refractivity contribution >= 4 is 27.0 Å². The molecule has 0 aromatic rings. The maximum absolute atomic E-state index is 15.2. The zero-order valence-electron chi connectivity index (χ0n) is 26.5. The summed E-state index contributed by atoms with van der Waals surface area (Å²) < 4.78 is 66.1. The van der Waals surface area contributed by atoms with Crippen LogP contribution in [-0.4, -0.2) is 74.3 Å². The molecule has 12 heteroatoms. The first-order chi connectivity index (χ1) is 19.6. The first kappa shape index (κ1) is 34.7. The number of hydrogen-bond acceptors (Lipinski definition) is 10. The van der Waals surface area contributed by atoms with Crippen molar-refractivity contribution in [3.63, 3.8) is 0 Å². The lowest BCUT2D eigenvalue weighted by molar-refractivity contribution is 0.142. The Labute approximate surface area is 247 Å². The van der Waals surface area contributed by atoms with Crippen LogP contribution in [0, 0.1) is 17.8 Å². The van der Waals surface area contributed by atoms with Gasteiger partial charge in [0.05, 0.1) is 50.5 Å². The van der Waals surface area contributed by atoms with Gasteiger partial charge in [0, 0.05) is 5.92 Å². The SMILES string of the molecule is CCOC1=N[C@H](C(C)C)C(OCC)=NC1C1CCCC1(C1CCCC1P(=O)(OCC)OCC)P(=O)(OCC)OCC. The van der Waals surface area contributed by atoms with Crippen LogP contribution in [0.3, 0.4) is 0 Å². The third kappa shape index (κ3) is 6.83. The van der Waals surface area contributed by atoms with Crippen LogP contribution in [0.5, 0.6) is 0 Å². The van der Waals surface area contributed by atoms with Gasteiger partial charge in [0.25, 0.3) is 0 Å². The van der Waals surface area contributed by atoms with Crippen molar-refractivity contribution in [3.05, 3.63) is 0 Å². The Morgan fingerprint density at radius 2 is 1.29 bits per heavy atom. The van der Waals surface area contributed by atoms with Crippen LogP contribution >= 0.6 is 15.2 Å². The highest BCUT2D eigenvalue weighted by molar-refractivity contribution is 7.56. The minimum Gasteiger partial charge on any atom is -0.480 e. The zero-order valence-corrected chi connectivity index (χ0v) is 28.3. The topological polar surface area (TPSA) is 114 Å². The highest BCUT2D eigenvalue weighted by atomic mass is 31.2. The molecule has 2 aliphatic carbocycles. The highest BCUT2D eigenvalue weighted by Crippen LogP contribution is 2.76. The molecule has 0 saturated heterocycles. The molecule has 6 atom stereocenters. The number of ether oxygens (including phenoxy) is 2. The van der Waals surface area contributed by atoms with Crippen molar-refractivity contribution in [1.29, 1.82) is 0 Å². The molecule has 0 amide bonds. The number of rotatable bonds is 15. The Morgan fingerprint density at radius 3 is 1.83 bits per heavy atom. The van der Waals surface area contributed by atoms with Gasteiger partial charge in [-0.3, -0.25) is 9.13 Å². The lowest BCUT2D eigenvalue weighted by atomic mass is 9.77. The lowest BCUT2D eigenvalue weighted by Gasteiger charge is -2.48. The minimum absolute atomic E-state index is 0.158. The van der Waals surface area contributed by atoms with Crippen LogP contribution < -0.4 is 0 Å². The minimum atomic E-state index is -3.78. The molecule has 2 saturated carbocycles. The van der Waals surface area contributed by atoms with E-state index in [1.54, 1.807) is 0 Å². The maximum atomic E-state index is 15.2. The summed E-state index contributed by atoms with van der Waals surface area (Å²) in [6, 6.07) is -0.785. The molecule has 0 spiro atoms. The monoisotopic (exact) mass is 620 g/mol. The summed E-state index contributed by atoms with van der Waals surface area (Å²) >= 11 is 0. The largest absolute Gasteiger partial charge is 0.480 e. The predicted molar refractivity (Wildman–Crippen MR) is 163 cm³/mol. The highest BCUT2D eigenvalue weighted by Gasteiger charge is 2.68. The predicted octanol–water partition coefficient (Wildman–Crippen LogP) is 7.50. The van der Waals surface area contributed by atoms with Gasteiger partial charge < -0.3 is 27.6 Å². The van der Waals surface area contributed by atoms with Gasteiger partial charge in [-0.1, -0.05) is 26.7 Å². The molecule has 2 fully saturated rings. The molecule has 1 heterocycles. The molecule has 238 valence electrons. The lowest BCUT2D eigenvalue weighted by Crippen LogP contribution is -2.53. The summed E-state index contributed by atoms with van der Waals surface area (Å²) in [5, 5.41) is -0.974. The van der Waals surface area contributed by atoms with E-state index >= 15 is 4.57 Å². The molecule has 41 heavy (non-hydrogen) atoms. The fourth-order valence-corrected chi connectivity index (χ4v) is 13.1. The van der Waals surface area contributed by atoms with E-state index in [0.717, 1.165) is 25.7 Å². The third-order valence-electron chi connectivity index (χ3n) is 8.62. The smallest absolute Gasteiger partial charge is 0.337 e. The van der Waals surface area contributed by atoms with E-state index in [-0.39, 0.29) is 50.2 Å². The Balaban J connectivity index is 2.26. The molecule has 0 aromatic carbocycles. The van der Waals surface area contributed by atoms with Crippen molar-refractivity contribution in [3.8, 4) is 0 Å². The number of hydrogen-bond donors (Lipinski definition) is 0. The molecular formula is C29H54N2O8P2. The molecule has 0 bridgehead atoms. The van der Waals surface area contributed by atoms with Gasteiger partial charge in [-0.15, -0.1) is 0 Å². The Morgan fingerprint density at radius 1 is 0.732 bits per heavy atom. The molecule has 10 nitrogen and oxygen atoms in total. The van der Waals surface area contributed by atoms with E-state index in [0.29, 0.717) is 37.9 Å². The van der Waals surface area contributed by atoms with Crippen LogP contribution in [0.25, 0.3) is 0 Å². The fraction of sp³-hybridized carbons (Fsp3) is 0.931. The fourth-order valence-electron chi connectivity index (χ4n) is 7.36. The van der Waals surface area contributed by atoms with E-state index in [9.17, 15) is 4.57 Å². The third-order valence-corrected chi connectivity index (χ3v) is 14.4. The summed E-state index contributed by atoms with van der Waals surface area (Å²) in [6.07, 6.45) is 4.33. The van der Waals surface area contributed by atoms with Gasteiger partial charge in [0.2, 0.25) is 11.8 Å². The van der Waals surface area contributed by atoms with Gasteiger partial charge in [-0.25, -0.2) is 9.98 Å². The average molecular weight is 621 g/mol. The summed E-state index contributed by atoms with van der Waals surface area (Å²) in [7, 11) is -7.30. The van der Waals surface area contributed by atoms with Crippen molar-refractivity contribution in [2.24, 2.45) is 27.7 Å². The van der Waals surface area contributed by atoms with Gasteiger partial charge >= 0.3 is 15.2 Å². The van der Waals surface area contributed by atoms with Gasteiger partial charge in [0.1, 0.15) is 12.1 Å². The molecule has 0 N–H and O–H groups in total. The van der Waals surface area contributed by atoms with Crippen LogP contribution in [0.4, 0.5) is 0 Å². The Hall–Kier alpha value is -0.760. The van der Waals surface area contributed by atoms with Gasteiger partial charge in [0.15, 0.2) is 0 Å². The van der Waals surface area contributed by atoms with Crippen molar-refractivity contribution in [2.45, 2.75) is 117 Å². The van der Waals surface area contributed by atoms with E-state index in [2.05, 4.69) is 13.8 Å². The number of nitrogens with zero attached hydrogens (tertiary/aromatic N) is 2.